The Morgan fingerprint density at radius 1 is 1.24 bits per heavy atom. The van der Waals surface area contributed by atoms with Crippen LogP contribution in [0.4, 0.5) is 10.2 Å². The molecule has 2 fully saturated rings. The van der Waals surface area contributed by atoms with Crippen molar-refractivity contribution in [1.82, 2.24) is 9.55 Å². The summed E-state index contributed by atoms with van der Waals surface area (Å²) in [5.74, 6) is 0.689. The lowest BCUT2D eigenvalue weighted by atomic mass is 9.70. The van der Waals surface area contributed by atoms with Gasteiger partial charge in [-0.2, -0.15) is 4.98 Å². The van der Waals surface area contributed by atoms with Gasteiger partial charge >= 0.3 is 5.69 Å². The minimum Gasteiger partial charge on any atom is -0.299 e. The third-order valence-corrected chi connectivity index (χ3v) is 11.9. The number of carbonyl (C=O) groups excluding carboxylic acids is 1. The van der Waals surface area contributed by atoms with Crippen molar-refractivity contribution in [2.75, 3.05) is 22.9 Å². The van der Waals surface area contributed by atoms with Gasteiger partial charge in [0.15, 0.2) is 5.82 Å². The monoisotopic (exact) mass is 529 g/mol. The fraction of sp³-hybridized carbons (Fsp3) is 0.696. The molecule has 0 aromatic carbocycles. The Morgan fingerprint density at radius 3 is 2.59 bits per heavy atom. The minimum absolute atomic E-state index is 0.0183. The molecule has 0 spiro atoms. The maximum absolute atomic E-state index is 13.4. The van der Waals surface area contributed by atoms with Crippen molar-refractivity contribution < 1.29 is 17.6 Å². The van der Waals surface area contributed by atoms with Gasteiger partial charge in [0.25, 0.3) is 0 Å². The van der Waals surface area contributed by atoms with E-state index in [1.807, 2.05) is 27.7 Å². The van der Waals surface area contributed by atoms with Crippen molar-refractivity contribution in [3.8, 4) is 5.69 Å². The lowest BCUT2D eigenvalue weighted by Crippen LogP contribution is -2.43. The molecule has 4 rings (SSSR count). The highest BCUT2D eigenvalue weighted by molar-refractivity contribution is 8.01. The molecule has 0 radical (unpaired) electrons. The molecule has 0 amide bonds. The SMILES string of the molecule is Cc1sc(SCCCCCF)c2c(NS(=O)(=O)C[C@@]34CC[C@@H](CC3=O)C4(C)C)nc(=O)n-2c1C. The van der Waals surface area contributed by atoms with Crippen LogP contribution in [0.3, 0.4) is 0 Å². The molecule has 0 aromatic rings. The Balaban J connectivity index is 1.65. The van der Waals surface area contributed by atoms with Crippen molar-refractivity contribution in [1.29, 1.82) is 0 Å². The van der Waals surface area contributed by atoms with E-state index >= 15 is 0 Å². The van der Waals surface area contributed by atoms with Crippen LogP contribution in [0.1, 0.15) is 62.9 Å². The van der Waals surface area contributed by atoms with E-state index in [-0.39, 0.29) is 35.4 Å². The fourth-order valence-corrected chi connectivity index (χ4v) is 10.00. The van der Waals surface area contributed by atoms with Crippen LogP contribution in [0, 0.1) is 30.6 Å². The Bertz CT molecular complexity index is 1240. The van der Waals surface area contributed by atoms with Gasteiger partial charge in [0, 0.05) is 17.0 Å². The molecule has 2 aliphatic carbocycles. The molecule has 0 saturated heterocycles. The summed E-state index contributed by atoms with van der Waals surface area (Å²) in [6.07, 6.45) is 3.97. The first kappa shape index (κ1) is 25.6. The standard InChI is InChI=1S/C23H32FN3O4S3/c1-14-15(2)33-20(32-11-7-5-6-10-24)18-19(25-21(29)27(14)18)26-34(30,31)13-23-9-8-16(12-17(23)28)22(23,3)4/h16H,5-13H2,1-4H3,(H,25,26,29)/t16-,23-/m0/s1. The number of fused-ring (bicyclic) bond motifs is 3. The average molecular weight is 530 g/mol. The number of nitrogens with zero attached hydrogens (tertiary/aromatic N) is 2. The van der Waals surface area contributed by atoms with E-state index in [4.69, 9.17) is 0 Å². The van der Waals surface area contributed by atoms with Gasteiger partial charge in [-0.1, -0.05) is 20.3 Å². The maximum Gasteiger partial charge on any atom is 0.354 e. The molecule has 1 N–H and O–H groups in total. The van der Waals surface area contributed by atoms with Crippen LogP contribution >= 0.6 is 23.1 Å². The van der Waals surface area contributed by atoms with Crippen LogP contribution in [-0.4, -0.2) is 41.9 Å². The molecule has 7 nitrogen and oxygen atoms in total. The number of alkyl halides is 1. The van der Waals surface area contributed by atoms with Crippen molar-refractivity contribution in [3.63, 3.8) is 0 Å². The summed E-state index contributed by atoms with van der Waals surface area (Å²) in [6, 6.07) is 0. The molecule has 4 aliphatic rings. The number of hydrogen-bond acceptors (Lipinski definition) is 7. The molecule has 2 bridgehead atoms. The van der Waals surface area contributed by atoms with Crippen LogP contribution in [0.5, 0.6) is 0 Å². The van der Waals surface area contributed by atoms with Crippen molar-refractivity contribution in [3.05, 3.63) is 21.1 Å². The Labute approximate surface area is 208 Å². The fourth-order valence-electron chi connectivity index (χ4n) is 5.64. The lowest BCUT2D eigenvalue weighted by Gasteiger charge is -2.36. The Morgan fingerprint density at radius 2 is 1.97 bits per heavy atom. The van der Waals surface area contributed by atoms with Gasteiger partial charge in [-0.15, -0.1) is 23.1 Å². The number of anilines is 1. The summed E-state index contributed by atoms with van der Waals surface area (Å²) in [5, 5.41) is 0. The van der Waals surface area contributed by atoms with E-state index in [1.165, 1.54) is 27.7 Å². The van der Waals surface area contributed by atoms with Crippen LogP contribution < -0.4 is 10.4 Å². The second-order valence-corrected chi connectivity index (χ2v) is 14.4. The number of ketones is 1. The third-order valence-electron chi connectivity index (χ3n) is 7.97. The van der Waals surface area contributed by atoms with Gasteiger partial charge in [-0.3, -0.25) is 18.5 Å². The molecule has 2 aliphatic heterocycles. The maximum atomic E-state index is 13.4. The lowest BCUT2D eigenvalue weighted by molar-refractivity contribution is -0.128. The van der Waals surface area contributed by atoms with Gasteiger partial charge in [0.2, 0.25) is 10.0 Å². The van der Waals surface area contributed by atoms with E-state index in [0.717, 1.165) is 34.1 Å². The molecule has 188 valence electrons. The number of imidazole rings is 1. The summed E-state index contributed by atoms with van der Waals surface area (Å²) in [6.45, 7) is 7.39. The minimum atomic E-state index is -3.95. The molecule has 2 saturated carbocycles. The van der Waals surface area contributed by atoms with E-state index in [2.05, 4.69) is 9.71 Å². The first-order valence-electron chi connectivity index (χ1n) is 11.7. The van der Waals surface area contributed by atoms with Gasteiger partial charge in [0.1, 0.15) is 11.5 Å². The molecular formula is C23H32FN3O4S3. The summed E-state index contributed by atoms with van der Waals surface area (Å²) < 4.78 is 44.0. The van der Waals surface area contributed by atoms with Gasteiger partial charge in [-0.25, -0.2) is 13.2 Å². The molecule has 2 atom stereocenters. The zero-order chi connectivity index (χ0) is 24.9. The van der Waals surface area contributed by atoms with Gasteiger partial charge < -0.3 is 0 Å². The summed E-state index contributed by atoms with van der Waals surface area (Å²) in [5.41, 5.74) is -0.640. The third kappa shape index (κ3) is 4.21. The van der Waals surface area contributed by atoms with E-state index in [1.54, 1.807) is 0 Å². The van der Waals surface area contributed by atoms with Crippen LogP contribution in [0.15, 0.2) is 9.00 Å². The van der Waals surface area contributed by atoms with Crippen molar-refractivity contribution in [2.45, 2.75) is 70.4 Å². The topological polar surface area (TPSA) is 98.1 Å². The normalized spacial score (nSPS) is 23.8. The number of carbonyl (C=O) groups is 1. The highest BCUT2D eigenvalue weighted by Gasteiger charge is 2.65. The van der Waals surface area contributed by atoms with Crippen LogP contribution in [0.2, 0.25) is 0 Å². The molecule has 2 heterocycles. The highest BCUT2D eigenvalue weighted by Crippen LogP contribution is 2.64. The van der Waals surface area contributed by atoms with Gasteiger partial charge in [0.05, 0.1) is 22.1 Å². The van der Waals surface area contributed by atoms with Crippen molar-refractivity contribution >= 4 is 44.7 Å². The molecule has 34 heavy (non-hydrogen) atoms. The number of unbranched alkanes of at least 4 members (excludes halogenated alkanes) is 2. The zero-order valence-corrected chi connectivity index (χ0v) is 22.5. The number of thioether (sulfide) groups is 1. The second-order valence-electron chi connectivity index (χ2n) is 10.1. The molecular weight excluding hydrogens is 497 g/mol. The summed E-state index contributed by atoms with van der Waals surface area (Å²) in [7, 11) is -3.95. The van der Waals surface area contributed by atoms with E-state index in [0.29, 0.717) is 30.6 Å². The first-order valence-corrected chi connectivity index (χ1v) is 15.1. The Kier molecular flexibility index (Phi) is 6.94. The zero-order valence-electron chi connectivity index (χ0n) is 20.1. The number of sulfonamides is 1. The van der Waals surface area contributed by atoms with Crippen LogP contribution in [-0.2, 0) is 14.8 Å². The molecule has 11 heteroatoms. The molecule has 0 unspecified atom stereocenters. The van der Waals surface area contributed by atoms with E-state index in [9.17, 15) is 22.4 Å². The Hall–Kier alpha value is -1.46. The van der Waals surface area contributed by atoms with Crippen molar-refractivity contribution in [2.24, 2.45) is 16.7 Å². The highest BCUT2D eigenvalue weighted by atomic mass is 32.2. The largest absolute Gasteiger partial charge is 0.354 e. The number of nitrogens with one attached hydrogen (secondary N) is 1. The first-order chi connectivity index (χ1) is 15.9. The van der Waals surface area contributed by atoms with Crippen LogP contribution in [0.25, 0.3) is 5.69 Å². The number of hydrogen-bond donors (Lipinski definition) is 1. The molecule has 0 aromatic heterocycles. The quantitative estimate of drug-likeness (QED) is 0.353. The number of halogens is 1. The van der Waals surface area contributed by atoms with E-state index < -0.39 is 21.1 Å². The second kappa shape index (κ2) is 9.20. The number of aromatic nitrogens is 2. The summed E-state index contributed by atoms with van der Waals surface area (Å²) >= 11 is 3.02. The predicted octanol–water partition coefficient (Wildman–Crippen LogP) is 4.72. The number of Topliss-reactive ketones (excluding diaryl/α,β-unsaturated/α-hetero) is 1. The number of aryl methyl sites for hydroxylation is 1. The smallest absolute Gasteiger partial charge is 0.299 e. The summed E-state index contributed by atoms with van der Waals surface area (Å²) in [4.78, 5) is 30.6. The number of rotatable bonds is 10. The van der Waals surface area contributed by atoms with Gasteiger partial charge in [-0.05, 0) is 56.6 Å². The average Bonchev–Trinajstić information content (AvgIpc) is 3.25. The predicted molar refractivity (Wildman–Crippen MR) is 135 cm³/mol.